The summed E-state index contributed by atoms with van der Waals surface area (Å²) in [6.07, 6.45) is 6.36. The Kier molecular flexibility index (Phi) is 7.93. The molecular weight excluding hydrogens is 434 g/mol. The molecule has 0 radical (unpaired) electrons. The van der Waals surface area contributed by atoms with E-state index in [4.69, 9.17) is 9.47 Å². The fraction of sp³-hybridized carbons (Fsp3) is 0.292. The molecule has 32 heavy (non-hydrogen) atoms. The Morgan fingerprint density at radius 3 is 2.44 bits per heavy atom. The fourth-order valence-corrected chi connectivity index (χ4v) is 3.96. The van der Waals surface area contributed by atoms with E-state index in [9.17, 15) is 13.6 Å². The molecular formula is C24H26F2N2O3S. The Bertz CT molecular complexity index is 1040. The predicted octanol–water partition coefficient (Wildman–Crippen LogP) is 5.29. The average molecular weight is 461 g/mol. The van der Waals surface area contributed by atoms with Crippen molar-refractivity contribution in [2.45, 2.75) is 13.0 Å². The summed E-state index contributed by atoms with van der Waals surface area (Å²) in [7, 11) is 3.74. The Morgan fingerprint density at radius 1 is 1.16 bits per heavy atom. The maximum atomic E-state index is 14.3. The van der Waals surface area contributed by atoms with Gasteiger partial charge in [0.05, 0.1) is 19.3 Å². The van der Waals surface area contributed by atoms with Gasteiger partial charge in [-0.3, -0.25) is 4.79 Å². The normalized spacial score (nSPS) is 14.7. The van der Waals surface area contributed by atoms with Gasteiger partial charge >= 0.3 is 0 Å². The van der Waals surface area contributed by atoms with E-state index in [2.05, 4.69) is 4.31 Å². The van der Waals surface area contributed by atoms with Gasteiger partial charge in [-0.05, 0) is 48.9 Å². The molecule has 0 saturated carbocycles. The van der Waals surface area contributed by atoms with Gasteiger partial charge in [-0.2, -0.15) is 0 Å². The molecule has 0 bridgehead atoms. The minimum atomic E-state index is -0.796. The maximum Gasteiger partial charge on any atom is 0.168 e. The lowest BCUT2D eigenvalue weighted by molar-refractivity contribution is -0.104. The van der Waals surface area contributed by atoms with E-state index in [1.807, 2.05) is 43.6 Å². The van der Waals surface area contributed by atoms with E-state index < -0.39 is 11.6 Å². The first-order valence-corrected chi connectivity index (χ1v) is 11.2. The van der Waals surface area contributed by atoms with Gasteiger partial charge in [0.1, 0.15) is 17.9 Å². The number of carbonyl (C=O) groups excluding carboxylic acids is 1. The lowest BCUT2D eigenvalue weighted by Gasteiger charge is -2.37. The molecule has 0 N–H and O–H groups in total. The van der Waals surface area contributed by atoms with Crippen LogP contribution in [0.4, 0.5) is 14.5 Å². The number of rotatable bonds is 9. The van der Waals surface area contributed by atoms with Crippen molar-refractivity contribution in [3.63, 3.8) is 0 Å². The highest BCUT2D eigenvalue weighted by molar-refractivity contribution is 8.00. The zero-order valence-electron chi connectivity index (χ0n) is 18.5. The molecule has 0 amide bonds. The lowest BCUT2D eigenvalue weighted by atomic mass is 10.0. The number of benzene rings is 2. The predicted molar refractivity (Wildman–Crippen MR) is 125 cm³/mol. The Labute approximate surface area is 191 Å². The van der Waals surface area contributed by atoms with Crippen LogP contribution in [0.1, 0.15) is 12.5 Å². The van der Waals surface area contributed by atoms with Crippen LogP contribution in [0.2, 0.25) is 0 Å². The summed E-state index contributed by atoms with van der Waals surface area (Å²) in [5.74, 6) is -1.18. The number of halogens is 2. The van der Waals surface area contributed by atoms with E-state index in [-0.39, 0.29) is 11.8 Å². The van der Waals surface area contributed by atoms with Crippen molar-refractivity contribution in [3.8, 4) is 11.5 Å². The fourth-order valence-electron chi connectivity index (χ4n) is 3.21. The van der Waals surface area contributed by atoms with E-state index in [1.54, 1.807) is 31.0 Å². The molecule has 0 spiro atoms. The van der Waals surface area contributed by atoms with Crippen LogP contribution in [0.3, 0.4) is 0 Å². The van der Waals surface area contributed by atoms with Crippen molar-refractivity contribution < 1.29 is 23.0 Å². The van der Waals surface area contributed by atoms with Gasteiger partial charge in [-0.25, -0.2) is 8.78 Å². The van der Waals surface area contributed by atoms with Gasteiger partial charge in [0.2, 0.25) is 0 Å². The van der Waals surface area contributed by atoms with Gasteiger partial charge in [-0.15, -0.1) is 0 Å². The Balaban J connectivity index is 2.13. The molecule has 0 unspecified atom stereocenters. The van der Waals surface area contributed by atoms with Crippen LogP contribution in [0.5, 0.6) is 11.5 Å². The number of aldehydes is 1. The van der Waals surface area contributed by atoms with Crippen molar-refractivity contribution in [2.24, 2.45) is 0 Å². The minimum Gasteiger partial charge on any atom is -0.454 e. The molecule has 1 aliphatic heterocycles. The first-order chi connectivity index (χ1) is 15.3. The standard InChI is InChI=1S/C24H26F2N2O3S/c1-16(13-29)9-17(12-27(2)3)21-11-19(28(32-4)20-14-30-15-20)6-8-23(21)31-24-7-5-18(25)10-22(24)26/h5-13,20H,14-15H2,1-4H3/b16-9-,17-12+. The van der Waals surface area contributed by atoms with Gasteiger partial charge < -0.3 is 18.7 Å². The van der Waals surface area contributed by atoms with Crippen molar-refractivity contribution >= 4 is 29.5 Å². The zero-order chi connectivity index (χ0) is 23.3. The number of hydrogen-bond acceptors (Lipinski definition) is 6. The van der Waals surface area contributed by atoms with E-state index in [0.29, 0.717) is 35.7 Å². The summed E-state index contributed by atoms with van der Waals surface area (Å²) < 4.78 is 41.0. The highest BCUT2D eigenvalue weighted by Gasteiger charge is 2.27. The van der Waals surface area contributed by atoms with Crippen LogP contribution in [-0.4, -0.2) is 50.8 Å². The lowest BCUT2D eigenvalue weighted by Crippen LogP contribution is -2.45. The number of nitrogens with zero attached hydrogens (tertiary/aromatic N) is 2. The van der Waals surface area contributed by atoms with Crippen molar-refractivity contribution in [1.29, 1.82) is 0 Å². The van der Waals surface area contributed by atoms with Gasteiger partial charge in [0.25, 0.3) is 0 Å². The second-order valence-corrected chi connectivity index (χ2v) is 8.37. The van der Waals surface area contributed by atoms with E-state index in [0.717, 1.165) is 24.1 Å². The third kappa shape index (κ3) is 5.69. The largest absolute Gasteiger partial charge is 0.454 e. The molecule has 0 aliphatic carbocycles. The molecule has 2 aromatic rings. The Hall–Kier alpha value is -2.84. The number of anilines is 1. The van der Waals surface area contributed by atoms with Crippen LogP contribution in [-0.2, 0) is 9.53 Å². The number of hydrogen-bond donors (Lipinski definition) is 0. The summed E-state index contributed by atoms with van der Waals surface area (Å²) in [4.78, 5) is 13.2. The molecule has 1 aliphatic rings. The average Bonchev–Trinajstić information content (AvgIpc) is 2.72. The molecule has 2 aromatic carbocycles. The molecule has 3 rings (SSSR count). The highest BCUT2D eigenvalue weighted by Crippen LogP contribution is 2.38. The number of allylic oxidation sites excluding steroid dienone is 3. The molecule has 5 nitrogen and oxygen atoms in total. The SMILES string of the molecule is CSN(c1ccc(Oc2ccc(F)cc2F)c(C(/C=C(/C)C=O)=C/N(C)C)c1)C1COC1. The molecule has 1 fully saturated rings. The smallest absolute Gasteiger partial charge is 0.168 e. The minimum absolute atomic E-state index is 0.0881. The van der Waals surface area contributed by atoms with Crippen LogP contribution >= 0.6 is 11.9 Å². The van der Waals surface area contributed by atoms with Crippen LogP contribution in [0.25, 0.3) is 5.57 Å². The third-order valence-corrected chi connectivity index (χ3v) is 5.66. The van der Waals surface area contributed by atoms with Crippen molar-refractivity contribution in [2.75, 3.05) is 37.9 Å². The molecule has 8 heteroatoms. The first-order valence-electron chi connectivity index (χ1n) is 10.0. The highest BCUT2D eigenvalue weighted by atomic mass is 32.2. The molecule has 170 valence electrons. The quantitative estimate of drug-likeness (QED) is 0.219. The third-order valence-electron chi connectivity index (χ3n) is 4.76. The second kappa shape index (κ2) is 10.7. The van der Waals surface area contributed by atoms with Gasteiger partial charge in [-0.1, -0.05) is 11.9 Å². The van der Waals surface area contributed by atoms with Crippen LogP contribution < -0.4 is 9.04 Å². The summed E-state index contributed by atoms with van der Waals surface area (Å²) in [6, 6.07) is 9.00. The Morgan fingerprint density at radius 2 is 1.88 bits per heavy atom. The van der Waals surface area contributed by atoms with E-state index in [1.165, 1.54) is 6.07 Å². The topological polar surface area (TPSA) is 42.0 Å². The van der Waals surface area contributed by atoms with Gasteiger partial charge in [0, 0.05) is 49.4 Å². The molecule has 0 aromatic heterocycles. The second-order valence-electron chi connectivity index (χ2n) is 7.61. The van der Waals surface area contributed by atoms with E-state index >= 15 is 0 Å². The van der Waals surface area contributed by atoms with Crippen LogP contribution in [0, 0.1) is 11.6 Å². The van der Waals surface area contributed by atoms with Crippen LogP contribution in [0.15, 0.2) is 54.2 Å². The van der Waals surface area contributed by atoms with Crippen molar-refractivity contribution in [1.82, 2.24) is 4.90 Å². The summed E-state index contributed by atoms with van der Waals surface area (Å²) in [5.41, 5.74) is 2.83. The van der Waals surface area contributed by atoms with Gasteiger partial charge in [0.15, 0.2) is 11.6 Å². The molecule has 0 atom stereocenters. The van der Waals surface area contributed by atoms with Crippen molar-refractivity contribution in [3.05, 3.63) is 71.4 Å². The maximum absolute atomic E-state index is 14.3. The zero-order valence-corrected chi connectivity index (χ0v) is 19.3. The first kappa shape index (κ1) is 23.8. The summed E-state index contributed by atoms with van der Waals surface area (Å²) in [6.45, 7) is 2.99. The molecule has 1 heterocycles. The number of ether oxygens (including phenoxy) is 2. The number of carbonyl (C=O) groups is 1. The summed E-state index contributed by atoms with van der Waals surface area (Å²) >= 11 is 1.58. The summed E-state index contributed by atoms with van der Waals surface area (Å²) in [5, 5.41) is 0. The molecule has 1 saturated heterocycles. The monoisotopic (exact) mass is 460 g/mol.